The molecule has 1 aliphatic heterocycles. The van der Waals surface area contributed by atoms with Crippen molar-refractivity contribution in [3.63, 3.8) is 0 Å². The molecule has 2 aromatic carbocycles. The predicted molar refractivity (Wildman–Crippen MR) is 149 cm³/mol. The molecule has 0 N–H and O–H groups in total. The van der Waals surface area contributed by atoms with Gasteiger partial charge in [-0.2, -0.15) is 5.10 Å². The van der Waals surface area contributed by atoms with E-state index in [0.717, 1.165) is 47.5 Å². The van der Waals surface area contributed by atoms with Crippen LogP contribution in [-0.2, 0) is 4.79 Å². The van der Waals surface area contributed by atoms with Gasteiger partial charge in [-0.3, -0.25) is 9.69 Å². The zero-order valence-electron chi connectivity index (χ0n) is 20.4. The Balaban J connectivity index is 1.67. The van der Waals surface area contributed by atoms with Crippen LogP contribution in [0.1, 0.15) is 45.1 Å². The van der Waals surface area contributed by atoms with Crippen LogP contribution in [0.3, 0.4) is 0 Å². The van der Waals surface area contributed by atoms with E-state index >= 15 is 0 Å². The number of hydrogen-bond acceptors (Lipinski definition) is 5. The molecule has 2 heterocycles. The number of carbonyl (C=O) groups is 1. The van der Waals surface area contributed by atoms with Crippen LogP contribution in [0.25, 0.3) is 23.0 Å². The van der Waals surface area contributed by atoms with Gasteiger partial charge in [-0.15, -0.1) is 0 Å². The normalized spacial score (nSPS) is 15.7. The zero-order chi connectivity index (χ0) is 24.8. The molecule has 0 radical (unpaired) electrons. The minimum Gasteiger partial charge on any atom is -0.497 e. The summed E-state index contributed by atoms with van der Waals surface area (Å²) >= 11 is 7.00. The summed E-state index contributed by atoms with van der Waals surface area (Å²) in [6.07, 6.45) is 8.40. The van der Waals surface area contributed by atoms with Crippen molar-refractivity contribution in [2.45, 2.75) is 39.5 Å². The monoisotopic (exact) mass is 505 g/mol. The minimum absolute atomic E-state index is 0.0110. The summed E-state index contributed by atoms with van der Waals surface area (Å²) in [5.74, 6) is 1.24. The molecule has 35 heavy (non-hydrogen) atoms. The Morgan fingerprint density at radius 3 is 2.51 bits per heavy atom. The van der Waals surface area contributed by atoms with Crippen molar-refractivity contribution in [2.75, 3.05) is 13.7 Å². The lowest BCUT2D eigenvalue weighted by Gasteiger charge is -2.21. The highest BCUT2D eigenvalue weighted by Crippen LogP contribution is 2.36. The quantitative estimate of drug-likeness (QED) is 0.220. The molecule has 182 valence electrons. The fourth-order valence-electron chi connectivity index (χ4n) is 4.15. The summed E-state index contributed by atoms with van der Waals surface area (Å²) in [7, 11) is 1.65. The Hall–Kier alpha value is -2.90. The molecule has 0 saturated carbocycles. The Bertz CT molecular complexity index is 1200. The van der Waals surface area contributed by atoms with Crippen molar-refractivity contribution in [1.29, 1.82) is 0 Å². The van der Waals surface area contributed by atoms with E-state index in [1.165, 1.54) is 18.2 Å². The van der Waals surface area contributed by atoms with Crippen molar-refractivity contribution in [3.05, 3.63) is 71.3 Å². The van der Waals surface area contributed by atoms with Gasteiger partial charge in [-0.1, -0.05) is 75.3 Å². The van der Waals surface area contributed by atoms with Gasteiger partial charge in [0.25, 0.3) is 5.91 Å². The number of unbranched alkanes of at least 4 members (excludes halogenated alkanes) is 1. The molecule has 0 bridgehead atoms. The molecule has 1 aliphatic rings. The highest BCUT2D eigenvalue weighted by molar-refractivity contribution is 8.26. The summed E-state index contributed by atoms with van der Waals surface area (Å²) in [5, 5.41) is 4.87. The molecule has 0 unspecified atom stereocenters. The maximum atomic E-state index is 13.4. The van der Waals surface area contributed by atoms with E-state index < -0.39 is 0 Å². The number of carbonyl (C=O) groups excluding carboxylic acids is 1. The summed E-state index contributed by atoms with van der Waals surface area (Å²) in [6.45, 7) is 5.07. The van der Waals surface area contributed by atoms with Crippen molar-refractivity contribution in [3.8, 4) is 22.7 Å². The van der Waals surface area contributed by atoms with Crippen LogP contribution < -0.4 is 4.74 Å². The molecule has 7 heteroatoms. The molecular weight excluding hydrogens is 474 g/mol. The van der Waals surface area contributed by atoms with Gasteiger partial charge in [-0.25, -0.2) is 4.68 Å². The van der Waals surface area contributed by atoms with Gasteiger partial charge in [0.05, 0.1) is 23.4 Å². The molecule has 1 aromatic heterocycles. The van der Waals surface area contributed by atoms with Crippen LogP contribution >= 0.6 is 24.0 Å². The van der Waals surface area contributed by atoms with Crippen LogP contribution in [0.15, 0.2) is 65.7 Å². The Morgan fingerprint density at radius 2 is 1.86 bits per heavy atom. The number of aromatic nitrogens is 2. The van der Waals surface area contributed by atoms with E-state index in [-0.39, 0.29) is 5.91 Å². The first-order valence-electron chi connectivity index (χ1n) is 12.1. The first kappa shape index (κ1) is 25.2. The molecule has 3 aromatic rings. The third kappa shape index (κ3) is 5.85. The standard InChI is InChI=1S/C28H31N3O2S2/c1-4-6-10-20(5-2)18-30-27(32)25(35-28(30)34)17-22-19-31(23-11-8-7-9-12-23)29-26(22)21-13-15-24(33-3)16-14-21/h7-9,11-17,19-20H,4-6,10,18H2,1-3H3/b25-17+/t20-/m0/s1. The number of nitrogens with zero attached hydrogens (tertiary/aromatic N) is 3. The first-order chi connectivity index (χ1) is 17.0. The third-order valence-corrected chi connectivity index (χ3v) is 7.65. The molecule has 1 atom stereocenters. The number of hydrogen-bond donors (Lipinski definition) is 0. The second-order valence-electron chi connectivity index (χ2n) is 8.65. The van der Waals surface area contributed by atoms with Crippen LogP contribution in [0.2, 0.25) is 0 Å². The summed E-state index contributed by atoms with van der Waals surface area (Å²) < 4.78 is 7.80. The second kappa shape index (κ2) is 11.7. The van der Waals surface area contributed by atoms with Gasteiger partial charge in [0.15, 0.2) is 0 Å². The van der Waals surface area contributed by atoms with Gasteiger partial charge in [-0.05, 0) is 54.8 Å². The molecule has 1 fully saturated rings. The van der Waals surface area contributed by atoms with Crippen molar-refractivity contribution in [2.24, 2.45) is 5.92 Å². The van der Waals surface area contributed by atoms with E-state index in [2.05, 4.69) is 13.8 Å². The summed E-state index contributed by atoms with van der Waals surface area (Å²) in [4.78, 5) is 15.8. The summed E-state index contributed by atoms with van der Waals surface area (Å²) in [5.41, 5.74) is 3.58. The van der Waals surface area contributed by atoms with Crippen molar-refractivity contribution >= 4 is 40.3 Å². The molecule has 0 aliphatic carbocycles. The van der Waals surface area contributed by atoms with E-state index in [1.807, 2.05) is 71.6 Å². The average molecular weight is 506 g/mol. The zero-order valence-corrected chi connectivity index (χ0v) is 22.1. The molecule has 1 amide bonds. The third-order valence-electron chi connectivity index (χ3n) is 6.27. The molecule has 1 saturated heterocycles. The molecule has 4 rings (SSSR count). The van der Waals surface area contributed by atoms with Crippen LogP contribution in [0, 0.1) is 5.92 Å². The average Bonchev–Trinajstić information content (AvgIpc) is 3.43. The van der Waals surface area contributed by atoms with E-state index in [0.29, 0.717) is 21.7 Å². The number of methoxy groups -OCH3 is 1. The first-order valence-corrected chi connectivity index (χ1v) is 13.3. The Labute approximate surface area is 217 Å². The summed E-state index contributed by atoms with van der Waals surface area (Å²) in [6, 6.07) is 17.8. The lowest BCUT2D eigenvalue weighted by atomic mass is 9.99. The van der Waals surface area contributed by atoms with E-state index in [1.54, 1.807) is 12.0 Å². The van der Waals surface area contributed by atoms with Crippen molar-refractivity contribution < 1.29 is 9.53 Å². The van der Waals surface area contributed by atoms with Gasteiger partial charge < -0.3 is 4.74 Å². The van der Waals surface area contributed by atoms with Gasteiger partial charge in [0, 0.05) is 23.9 Å². The number of benzene rings is 2. The lowest BCUT2D eigenvalue weighted by Crippen LogP contribution is -2.33. The number of para-hydroxylation sites is 1. The van der Waals surface area contributed by atoms with Gasteiger partial charge in [0.1, 0.15) is 10.1 Å². The highest BCUT2D eigenvalue weighted by atomic mass is 32.2. The topological polar surface area (TPSA) is 47.4 Å². The van der Waals surface area contributed by atoms with E-state index in [9.17, 15) is 4.79 Å². The maximum absolute atomic E-state index is 13.4. The Morgan fingerprint density at radius 1 is 1.11 bits per heavy atom. The van der Waals surface area contributed by atoms with Gasteiger partial charge >= 0.3 is 0 Å². The largest absolute Gasteiger partial charge is 0.497 e. The smallest absolute Gasteiger partial charge is 0.266 e. The molecule has 0 spiro atoms. The lowest BCUT2D eigenvalue weighted by molar-refractivity contribution is -0.122. The Kier molecular flexibility index (Phi) is 8.42. The molecule has 5 nitrogen and oxygen atoms in total. The number of rotatable bonds is 10. The predicted octanol–water partition coefficient (Wildman–Crippen LogP) is 6.97. The minimum atomic E-state index is -0.0110. The fourth-order valence-corrected chi connectivity index (χ4v) is 5.42. The highest BCUT2D eigenvalue weighted by Gasteiger charge is 2.33. The van der Waals surface area contributed by atoms with Gasteiger partial charge in [0.2, 0.25) is 0 Å². The van der Waals surface area contributed by atoms with Crippen molar-refractivity contribution in [1.82, 2.24) is 14.7 Å². The maximum Gasteiger partial charge on any atom is 0.266 e. The van der Waals surface area contributed by atoms with Crippen LogP contribution in [-0.4, -0.2) is 38.6 Å². The second-order valence-corrected chi connectivity index (χ2v) is 10.3. The SMILES string of the molecule is CCCC[C@H](CC)CN1C(=O)/C(=C\c2cn(-c3ccccc3)nc2-c2ccc(OC)cc2)SC1=S. The van der Waals surface area contributed by atoms with Crippen LogP contribution in [0.5, 0.6) is 5.75 Å². The number of amides is 1. The molecular formula is C28H31N3O2S2. The fraction of sp³-hybridized carbons (Fsp3) is 0.321. The van der Waals surface area contributed by atoms with Crippen LogP contribution in [0.4, 0.5) is 0 Å². The number of thiocarbonyl (C=S) groups is 1. The van der Waals surface area contributed by atoms with E-state index in [4.69, 9.17) is 22.1 Å². The number of thioether (sulfide) groups is 1. The number of ether oxygens (including phenoxy) is 1.